The van der Waals surface area contributed by atoms with E-state index in [0.29, 0.717) is 6.42 Å². The Morgan fingerprint density at radius 2 is 1.61 bits per heavy atom. The number of amides is 1. The molecule has 0 fully saturated rings. The number of carbonyl (C=O) groups excluding carboxylic acids is 1. The first-order valence-corrected chi connectivity index (χ1v) is 9.41. The predicted molar refractivity (Wildman–Crippen MR) is 115 cm³/mol. The highest BCUT2D eigenvalue weighted by molar-refractivity contribution is 6.06. The van der Waals surface area contributed by atoms with Crippen LogP contribution in [-0.4, -0.2) is 24.9 Å². The van der Waals surface area contributed by atoms with Crippen LogP contribution in [0.3, 0.4) is 0 Å². The van der Waals surface area contributed by atoms with Gasteiger partial charge in [0.1, 0.15) is 11.2 Å². The van der Waals surface area contributed by atoms with E-state index in [2.05, 4.69) is 18.7 Å². The molecule has 0 spiro atoms. The quantitative estimate of drug-likeness (QED) is 0.441. The summed E-state index contributed by atoms with van der Waals surface area (Å²) in [6.07, 6.45) is 0.344. The number of allylic oxidation sites excluding steroid dienone is 1. The van der Waals surface area contributed by atoms with E-state index in [9.17, 15) is 4.79 Å². The Morgan fingerprint density at radius 3 is 2.36 bits per heavy atom. The van der Waals surface area contributed by atoms with Crippen LogP contribution >= 0.6 is 0 Å². The van der Waals surface area contributed by atoms with Crippen LogP contribution in [0.25, 0.3) is 27.5 Å². The highest BCUT2D eigenvalue weighted by Gasteiger charge is 2.25. The molecule has 0 N–H and O–H groups in total. The highest BCUT2D eigenvalue weighted by Crippen LogP contribution is 2.40. The number of nitrogens with zero attached hydrogens (tertiary/aromatic N) is 1. The first kappa shape index (κ1) is 18.1. The van der Waals surface area contributed by atoms with Gasteiger partial charge in [-0.25, -0.2) is 0 Å². The smallest absolute Gasteiger partial charge is 0.223 e. The Bertz CT molecular complexity index is 1160. The van der Waals surface area contributed by atoms with Gasteiger partial charge in [0.05, 0.1) is 0 Å². The van der Waals surface area contributed by atoms with E-state index in [-0.39, 0.29) is 11.8 Å². The third kappa shape index (κ3) is 3.20. The molecule has 0 radical (unpaired) electrons. The molecule has 1 amide bonds. The van der Waals surface area contributed by atoms with Crippen molar-refractivity contribution >= 4 is 33.4 Å². The lowest BCUT2D eigenvalue weighted by Crippen LogP contribution is -2.24. The molecule has 1 aromatic heterocycles. The number of carbonyl (C=O) groups is 1. The Balaban J connectivity index is 1.88. The van der Waals surface area contributed by atoms with Gasteiger partial charge in [0.15, 0.2) is 0 Å². The lowest BCUT2D eigenvalue weighted by atomic mass is 9.84. The van der Waals surface area contributed by atoms with Crippen molar-refractivity contribution in [2.24, 2.45) is 0 Å². The zero-order valence-corrected chi connectivity index (χ0v) is 16.2. The fourth-order valence-corrected chi connectivity index (χ4v) is 3.67. The fourth-order valence-electron chi connectivity index (χ4n) is 3.67. The minimum atomic E-state index is -0.165. The lowest BCUT2D eigenvalue weighted by molar-refractivity contribution is -0.128. The number of hydrogen-bond donors (Lipinski definition) is 0. The van der Waals surface area contributed by atoms with Gasteiger partial charge in [0.25, 0.3) is 0 Å². The average Bonchev–Trinajstić information content (AvgIpc) is 3.11. The van der Waals surface area contributed by atoms with Crippen molar-refractivity contribution in [2.75, 3.05) is 14.1 Å². The Labute approximate surface area is 164 Å². The van der Waals surface area contributed by atoms with Crippen LogP contribution in [0.4, 0.5) is 0 Å². The molecule has 1 heterocycles. The molecule has 1 unspecified atom stereocenters. The number of fused-ring (bicyclic) bond motifs is 3. The molecular formula is C25H23NO2. The van der Waals surface area contributed by atoms with Crippen LogP contribution in [0.1, 0.15) is 23.5 Å². The molecule has 0 aliphatic rings. The number of hydrogen-bond acceptors (Lipinski definition) is 2. The van der Waals surface area contributed by atoms with Crippen molar-refractivity contribution < 1.29 is 9.21 Å². The lowest BCUT2D eigenvalue weighted by Gasteiger charge is -2.22. The SMILES string of the molecule is C=C(c1ccccc1)C(CC(=O)N(C)C)c1cccc2c1oc1ccccc12. The van der Waals surface area contributed by atoms with Crippen molar-refractivity contribution in [3.8, 4) is 0 Å². The maximum Gasteiger partial charge on any atom is 0.223 e. The highest BCUT2D eigenvalue weighted by atomic mass is 16.3. The van der Waals surface area contributed by atoms with Crippen LogP contribution in [0.5, 0.6) is 0 Å². The number of benzene rings is 3. The summed E-state index contributed by atoms with van der Waals surface area (Å²) in [4.78, 5) is 14.3. The van der Waals surface area contributed by atoms with E-state index < -0.39 is 0 Å². The maximum absolute atomic E-state index is 12.6. The Hall–Kier alpha value is -3.33. The summed E-state index contributed by atoms with van der Waals surface area (Å²) in [5.41, 5.74) is 4.64. The van der Waals surface area contributed by atoms with E-state index in [1.165, 1.54) is 0 Å². The summed E-state index contributed by atoms with van der Waals surface area (Å²) < 4.78 is 6.23. The molecule has 4 rings (SSSR count). The topological polar surface area (TPSA) is 33.5 Å². The van der Waals surface area contributed by atoms with Crippen LogP contribution in [0.2, 0.25) is 0 Å². The molecule has 1 atom stereocenters. The number of furan rings is 1. The average molecular weight is 369 g/mol. The van der Waals surface area contributed by atoms with Crippen LogP contribution in [0, 0.1) is 0 Å². The molecule has 3 nitrogen and oxygen atoms in total. The molecule has 3 heteroatoms. The molecule has 0 bridgehead atoms. The van der Waals surface area contributed by atoms with Crippen LogP contribution in [0.15, 0.2) is 83.8 Å². The Kier molecular flexibility index (Phi) is 4.74. The van der Waals surface area contributed by atoms with Crippen molar-refractivity contribution in [2.45, 2.75) is 12.3 Å². The summed E-state index contributed by atoms with van der Waals surface area (Å²) in [5, 5.41) is 2.15. The molecule has 0 aliphatic heterocycles. The third-order valence-corrected chi connectivity index (χ3v) is 5.25. The van der Waals surface area contributed by atoms with Gasteiger partial charge < -0.3 is 9.32 Å². The molecular weight excluding hydrogens is 346 g/mol. The summed E-state index contributed by atoms with van der Waals surface area (Å²) in [7, 11) is 3.57. The van der Waals surface area contributed by atoms with Gasteiger partial charge >= 0.3 is 0 Å². The molecule has 4 aromatic rings. The minimum Gasteiger partial charge on any atom is -0.456 e. The Morgan fingerprint density at radius 1 is 0.929 bits per heavy atom. The van der Waals surface area contributed by atoms with Crippen molar-refractivity contribution in [3.05, 3.63) is 90.5 Å². The largest absolute Gasteiger partial charge is 0.456 e. The molecule has 0 saturated carbocycles. The summed E-state index contributed by atoms with van der Waals surface area (Å²) in [6.45, 7) is 4.36. The zero-order valence-electron chi connectivity index (χ0n) is 16.2. The third-order valence-electron chi connectivity index (χ3n) is 5.25. The molecule has 0 saturated heterocycles. The second-order valence-electron chi connectivity index (χ2n) is 7.26. The number of rotatable bonds is 5. The van der Waals surface area contributed by atoms with E-state index in [4.69, 9.17) is 4.42 Å². The van der Waals surface area contributed by atoms with Gasteiger partial charge in [0.2, 0.25) is 5.91 Å². The van der Waals surface area contributed by atoms with Crippen molar-refractivity contribution in [1.82, 2.24) is 4.90 Å². The van der Waals surface area contributed by atoms with Crippen LogP contribution in [-0.2, 0) is 4.79 Å². The van der Waals surface area contributed by atoms with E-state index in [1.807, 2.05) is 60.7 Å². The molecule has 3 aromatic carbocycles. The first-order chi connectivity index (χ1) is 13.6. The normalized spacial score (nSPS) is 12.2. The van der Waals surface area contributed by atoms with Gasteiger partial charge in [-0.1, -0.05) is 73.3 Å². The summed E-state index contributed by atoms with van der Waals surface area (Å²) in [5.74, 6) is -0.100. The summed E-state index contributed by atoms with van der Waals surface area (Å²) >= 11 is 0. The van der Waals surface area contributed by atoms with Gasteiger partial charge in [-0.3, -0.25) is 4.79 Å². The van der Waals surface area contributed by atoms with E-state index in [0.717, 1.165) is 38.6 Å². The molecule has 0 aliphatic carbocycles. The summed E-state index contributed by atoms with van der Waals surface area (Å²) in [6, 6.07) is 24.2. The standard InChI is InChI=1S/C25H23NO2/c1-17(18-10-5-4-6-11-18)22(16-24(27)26(2)3)21-14-9-13-20-19-12-7-8-15-23(19)28-25(20)21/h4-15,22H,1,16H2,2-3H3. The second kappa shape index (κ2) is 7.35. The minimum absolute atomic E-state index is 0.0650. The van der Waals surface area contributed by atoms with Gasteiger partial charge in [-0.05, 0) is 17.2 Å². The van der Waals surface area contributed by atoms with Crippen molar-refractivity contribution in [3.63, 3.8) is 0 Å². The molecule has 140 valence electrons. The zero-order chi connectivity index (χ0) is 19.7. The van der Waals surface area contributed by atoms with E-state index in [1.54, 1.807) is 19.0 Å². The maximum atomic E-state index is 12.6. The van der Waals surface area contributed by atoms with E-state index >= 15 is 0 Å². The van der Waals surface area contributed by atoms with Gasteiger partial charge in [0, 0.05) is 42.8 Å². The second-order valence-corrected chi connectivity index (χ2v) is 7.26. The monoisotopic (exact) mass is 369 g/mol. The molecule has 28 heavy (non-hydrogen) atoms. The first-order valence-electron chi connectivity index (χ1n) is 9.41. The van der Waals surface area contributed by atoms with Gasteiger partial charge in [-0.15, -0.1) is 0 Å². The van der Waals surface area contributed by atoms with Gasteiger partial charge in [-0.2, -0.15) is 0 Å². The van der Waals surface area contributed by atoms with Crippen LogP contribution < -0.4 is 0 Å². The van der Waals surface area contributed by atoms with Crippen molar-refractivity contribution in [1.29, 1.82) is 0 Å². The predicted octanol–water partition coefficient (Wildman–Crippen LogP) is 5.86. The number of para-hydroxylation sites is 2. The fraction of sp³-hybridized carbons (Fsp3) is 0.160.